The average Bonchev–Trinajstić information content (AvgIpc) is 3.32. The molecule has 0 aliphatic heterocycles. The Kier molecular flexibility index (Phi) is 27.1. The minimum Gasteiger partial charge on any atom is -0.508 e. The third kappa shape index (κ3) is 22.0. The molecule has 0 heterocycles. The maximum Gasteiger partial charge on any atom is 0.327 e. The number of nitrogens with zero attached hydrogens (tertiary/aromatic N) is 1. The van der Waals surface area contributed by atoms with Gasteiger partial charge in [0.05, 0.1) is 12.6 Å². The van der Waals surface area contributed by atoms with E-state index in [1.54, 1.807) is 36.6 Å². The number of amides is 8. The molecule has 18 N–H and O–H groups in total. The highest BCUT2D eigenvalue weighted by Crippen LogP contribution is 2.14. The van der Waals surface area contributed by atoms with Gasteiger partial charge in [-0.05, 0) is 61.0 Å². The Labute approximate surface area is 419 Å². The number of phenols is 1. The number of nitrogens with one attached hydrogen (secondary N) is 7. The van der Waals surface area contributed by atoms with Crippen LogP contribution in [0.1, 0.15) is 43.2 Å². The number of carboxylic acids is 1. The Morgan fingerprint density at radius 1 is 0.600 bits per heavy atom. The van der Waals surface area contributed by atoms with Gasteiger partial charge in [-0.25, -0.2) is 4.79 Å². The second kappa shape index (κ2) is 31.8. The van der Waals surface area contributed by atoms with Gasteiger partial charge in [-0.1, -0.05) is 42.5 Å². The van der Waals surface area contributed by atoms with Gasteiger partial charge < -0.3 is 75.5 Å². The number of carboxylic acid groups (broad SMARTS) is 1. The number of carbonyl (C=O) groups excluding carboxylic acids is 8. The summed E-state index contributed by atoms with van der Waals surface area (Å²) >= 11 is 9.28. The number of aliphatic hydroxyl groups excluding tert-OH is 1. The molecular weight excluding hydrogens is 973 g/mol. The van der Waals surface area contributed by atoms with Crippen molar-refractivity contribution in [1.29, 1.82) is 0 Å². The summed E-state index contributed by atoms with van der Waals surface area (Å²) < 4.78 is 0. The van der Waals surface area contributed by atoms with E-state index in [-0.39, 0.29) is 68.3 Å². The molecule has 24 nitrogen and oxygen atoms in total. The molecule has 0 spiro atoms. The molecule has 0 aromatic heterocycles. The molecular formula is C43H64N12O12S3. The number of rotatable bonds is 32. The van der Waals surface area contributed by atoms with Crippen LogP contribution in [-0.2, 0) is 56.0 Å². The second-order valence-electron chi connectivity index (χ2n) is 15.7. The lowest BCUT2D eigenvalue weighted by atomic mass is 10.0. The van der Waals surface area contributed by atoms with Crippen molar-refractivity contribution in [1.82, 2.24) is 37.2 Å². The summed E-state index contributed by atoms with van der Waals surface area (Å²) in [5.41, 5.74) is 22.9. The summed E-state index contributed by atoms with van der Waals surface area (Å²) in [5, 5.41) is 46.8. The largest absolute Gasteiger partial charge is 0.508 e. The number of hydrogen-bond acceptors (Lipinski definition) is 16. The summed E-state index contributed by atoms with van der Waals surface area (Å²) in [7, 11) is 0. The monoisotopic (exact) mass is 1040 g/mol. The van der Waals surface area contributed by atoms with Gasteiger partial charge in [-0.3, -0.25) is 43.3 Å². The van der Waals surface area contributed by atoms with Crippen molar-refractivity contribution in [3.8, 4) is 5.75 Å². The second-order valence-corrected chi connectivity index (χ2v) is 17.4. The molecule has 0 unspecified atom stereocenters. The number of guanidine groups is 1. The SMILES string of the molecule is CSCC[C@H](NC(=O)[C@H](CO)NC(=O)[C@@H](N)CS)C(=O)N[C@@H](Cc1ccc(O)cc1)C(=O)N[C@@H](Cc1ccccc1)C(=O)N[C@@H](CCC(N)=O)C(=O)N[C@@H](CCCN=C(N)N)C(=O)N[C@@H](CS)C(=O)O. The van der Waals surface area contributed by atoms with Crippen molar-refractivity contribution in [2.75, 3.05) is 36.7 Å². The molecule has 386 valence electrons. The molecule has 70 heavy (non-hydrogen) atoms. The molecule has 0 saturated carbocycles. The van der Waals surface area contributed by atoms with Crippen molar-refractivity contribution in [2.45, 2.75) is 93.3 Å². The fourth-order valence-corrected chi connectivity index (χ4v) is 7.23. The van der Waals surface area contributed by atoms with E-state index in [2.05, 4.69) is 67.5 Å². The van der Waals surface area contributed by atoms with Crippen LogP contribution in [0.4, 0.5) is 0 Å². The maximum absolute atomic E-state index is 14.5. The van der Waals surface area contributed by atoms with E-state index in [0.717, 1.165) is 0 Å². The Balaban J connectivity index is 2.55. The summed E-state index contributed by atoms with van der Waals surface area (Å²) in [6, 6.07) is 2.74. The molecule has 0 aliphatic rings. The fraction of sp³-hybridized carbons (Fsp3) is 0.488. The van der Waals surface area contributed by atoms with Crippen LogP contribution in [0.5, 0.6) is 5.75 Å². The number of nitrogens with two attached hydrogens (primary N) is 4. The Morgan fingerprint density at radius 3 is 1.50 bits per heavy atom. The highest BCUT2D eigenvalue weighted by Gasteiger charge is 2.34. The highest BCUT2D eigenvalue weighted by atomic mass is 32.2. The lowest BCUT2D eigenvalue weighted by molar-refractivity contribution is -0.141. The van der Waals surface area contributed by atoms with Crippen LogP contribution in [0, 0.1) is 0 Å². The lowest BCUT2D eigenvalue weighted by Crippen LogP contribution is -2.61. The zero-order valence-corrected chi connectivity index (χ0v) is 41.0. The predicted molar refractivity (Wildman–Crippen MR) is 267 cm³/mol. The van der Waals surface area contributed by atoms with Gasteiger partial charge in [0.1, 0.15) is 48.0 Å². The number of aliphatic imine (C=N–C) groups is 1. The zero-order valence-electron chi connectivity index (χ0n) is 38.4. The van der Waals surface area contributed by atoms with E-state index in [4.69, 9.17) is 22.9 Å². The van der Waals surface area contributed by atoms with E-state index in [1.165, 1.54) is 36.0 Å². The number of carbonyl (C=O) groups is 9. The van der Waals surface area contributed by atoms with Gasteiger partial charge in [0, 0.05) is 37.3 Å². The molecule has 0 aliphatic carbocycles. The van der Waals surface area contributed by atoms with Gasteiger partial charge in [-0.2, -0.15) is 37.0 Å². The van der Waals surface area contributed by atoms with Crippen molar-refractivity contribution in [3.05, 3.63) is 65.7 Å². The van der Waals surface area contributed by atoms with Gasteiger partial charge in [-0.15, -0.1) is 0 Å². The zero-order chi connectivity index (χ0) is 52.3. The lowest BCUT2D eigenvalue weighted by Gasteiger charge is -2.28. The van der Waals surface area contributed by atoms with Crippen molar-refractivity contribution in [2.24, 2.45) is 27.9 Å². The van der Waals surface area contributed by atoms with Crippen molar-refractivity contribution < 1.29 is 58.5 Å². The number of benzene rings is 2. The predicted octanol–water partition coefficient (Wildman–Crippen LogP) is -4.09. The van der Waals surface area contributed by atoms with Crippen LogP contribution < -0.4 is 60.2 Å². The van der Waals surface area contributed by atoms with E-state index < -0.39 is 115 Å². The van der Waals surface area contributed by atoms with E-state index in [0.29, 0.717) is 16.9 Å². The number of aromatic hydroxyl groups is 1. The number of thiol groups is 2. The number of thioether (sulfide) groups is 1. The van der Waals surface area contributed by atoms with Crippen LogP contribution in [0.15, 0.2) is 59.6 Å². The molecule has 2 rings (SSSR count). The van der Waals surface area contributed by atoms with Gasteiger partial charge >= 0.3 is 5.97 Å². The standard InChI is InChI=1S/C43H64N12O12S3/c1-70-17-15-29(51-41(65)32(20-56)54-35(59)26(44)21-68)38(62)52-31(19-24-9-11-25(57)12-10-24)40(64)53-30(18-23-6-3-2-4-7-23)39(63)50-28(13-14-34(45)58)37(61)49-27(8-5-16-48-43(46)47)36(60)55-33(22-69)42(66)67/h2-4,6-7,9-12,26-33,56-57,68-69H,5,8,13-22,44H2,1H3,(H2,45,58)(H,49,61)(H,50,63)(H,51,65)(H,52,62)(H,53,64)(H,54,59)(H,55,60)(H,66,67)(H4,46,47,48)/t26-,27-,28-,29-,30-,31-,32-,33-/m0/s1. The molecule has 0 radical (unpaired) electrons. The smallest absolute Gasteiger partial charge is 0.327 e. The fourth-order valence-electron chi connectivity index (χ4n) is 6.34. The van der Waals surface area contributed by atoms with Gasteiger partial charge in [0.15, 0.2) is 5.96 Å². The molecule has 8 amide bonds. The number of hydrogen-bond donors (Lipinski definition) is 16. The molecule has 0 saturated heterocycles. The normalized spacial score (nSPS) is 14.3. The first kappa shape index (κ1) is 59.8. The van der Waals surface area contributed by atoms with E-state index >= 15 is 0 Å². The first-order valence-electron chi connectivity index (χ1n) is 21.8. The highest BCUT2D eigenvalue weighted by molar-refractivity contribution is 7.98. The Hall–Kier alpha value is -6.29. The summed E-state index contributed by atoms with van der Waals surface area (Å²) in [6.07, 6.45) is 0.562. The third-order valence-electron chi connectivity index (χ3n) is 10.2. The first-order chi connectivity index (χ1) is 33.2. The molecule has 0 bridgehead atoms. The molecule has 0 fully saturated rings. The number of phenolic OH excluding ortho intramolecular Hbond substituents is 1. The average molecular weight is 1040 g/mol. The first-order valence-corrected chi connectivity index (χ1v) is 24.5. The number of aliphatic carboxylic acids is 1. The van der Waals surface area contributed by atoms with E-state index in [9.17, 15) is 58.5 Å². The third-order valence-corrected chi connectivity index (χ3v) is 11.6. The molecule has 2 aromatic rings. The topological polar surface area (TPSA) is 415 Å². The van der Waals surface area contributed by atoms with Crippen LogP contribution in [0.3, 0.4) is 0 Å². The number of aliphatic hydroxyl groups is 1. The van der Waals surface area contributed by atoms with Crippen molar-refractivity contribution in [3.63, 3.8) is 0 Å². The minimum absolute atomic E-state index is 0.0243. The summed E-state index contributed by atoms with van der Waals surface area (Å²) in [4.78, 5) is 124. The van der Waals surface area contributed by atoms with Crippen LogP contribution in [-0.4, -0.2) is 160 Å². The maximum atomic E-state index is 14.5. The molecule has 2 aromatic carbocycles. The summed E-state index contributed by atoms with van der Waals surface area (Å²) in [5.74, 6) is -8.94. The quantitative estimate of drug-likeness (QED) is 0.0143. The number of primary amides is 1. The molecule has 8 atom stereocenters. The van der Waals surface area contributed by atoms with Crippen LogP contribution in [0.25, 0.3) is 0 Å². The van der Waals surface area contributed by atoms with Gasteiger partial charge in [0.25, 0.3) is 0 Å². The van der Waals surface area contributed by atoms with Crippen LogP contribution in [0.2, 0.25) is 0 Å². The van der Waals surface area contributed by atoms with Crippen molar-refractivity contribution >= 4 is 96.2 Å². The minimum atomic E-state index is -1.57. The summed E-state index contributed by atoms with van der Waals surface area (Å²) in [6.45, 7) is -0.826. The van der Waals surface area contributed by atoms with Crippen LogP contribution >= 0.6 is 37.0 Å². The Bertz CT molecular complexity index is 2110. The van der Waals surface area contributed by atoms with Gasteiger partial charge in [0.2, 0.25) is 47.3 Å². The van der Waals surface area contributed by atoms with E-state index in [1.807, 2.05) is 0 Å². The molecule has 27 heteroatoms. The Morgan fingerprint density at radius 2 is 1.04 bits per heavy atom.